The molecule has 12 rings (SSSR count). The summed E-state index contributed by atoms with van der Waals surface area (Å²) in [5.41, 5.74) is 17.3. The van der Waals surface area contributed by atoms with Gasteiger partial charge < -0.3 is 4.42 Å². The van der Waals surface area contributed by atoms with Crippen molar-refractivity contribution in [2.24, 2.45) is 0 Å². The molecule has 0 aliphatic carbocycles. The predicted octanol–water partition coefficient (Wildman–Crippen LogP) is 17.9. The van der Waals surface area contributed by atoms with Gasteiger partial charge in [-0.25, -0.2) is 4.98 Å². The molecule has 12 aromatic rings. The van der Waals surface area contributed by atoms with Crippen LogP contribution in [0.5, 0.6) is 0 Å². The number of benzene rings is 10. The normalized spacial score (nSPS) is 12.3. The first kappa shape index (κ1) is 40.6. The monoisotopic (exact) mass is 862 g/mol. The second-order valence-corrected chi connectivity index (χ2v) is 20.3. The highest BCUT2D eigenvalue weighted by Gasteiger charge is 2.19. The van der Waals surface area contributed by atoms with Crippen LogP contribution in [0.25, 0.3) is 121 Å². The molecular formula is C64H50N2O. The summed E-state index contributed by atoms with van der Waals surface area (Å²) in [7, 11) is 0. The van der Waals surface area contributed by atoms with Gasteiger partial charge in [0.25, 0.3) is 0 Å². The number of furan rings is 1. The van der Waals surface area contributed by atoms with Gasteiger partial charge in [0, 0.05) is 32.7 Å². The quantitative estimate of drug-likeness (QED) is 0.162. The minimum Gasteiger partial charge on any atom is -0.455 e. The first-order chi connectivity index (χ1) is 32.4. The van der Waals surface area contributed by atoms with E-state index in [9.17, 15) is 0 Å². The first-order valence-electron chi connectivity index (χ1n) is 23.4. The summed E-state index contributed by atoms with van der Waals surface area (Å²) in [4.78, 5) is 10.9. The van der Waals surface area contributed by atoms with E-state index < -0.39 is 0 Å². The van der Waals surface area contributed by atoms with Crippen molar-refractivity contribution < 1.29 is 4.42 Å². The third kappa shape index (κ3) is 7.14. The lowest BCUT2D eigenvalue weighted by molar-refractivity contribution is 0.590. The fourth-order valence-corrected chi connectivity index (χ4v) is 9.98. The maximum absolute atomic E-state index is 6.64. The Balaban J connectivity index is 0.976. The van der Waals surface area contributed by atoms with E-state index >= 15 is 0 Å². The molecule has 2 heterocycles. The average molecular weight is 863 g/mol. The van der Waals surface area contributed by atoms with Gasteiger partial charge >= 0.3 is 0 Å². The smallest absolute Gasteiger partial charge is 0.143 e. The molecular weight excluding hydrogens is 813 g/mol. The zero-order valence-corrected chi connectivity index (χ0v) is 38.8. The summed E-state index contributed by atoms with van der Waals surface area (Å²) >= 11 is 0. The molecule has 0 spiro atoms. The molecule has 0 bridgehead atoms. The second kappa shape index (κ2) is 15.4. The van der Waals surface area contributed by atoms with Crippen LogP contribution in [0.2, 0.25) is 0 Å². The maximum Gasteiger partial charge on any atom is 0.143 e. The van der Waals surface area contributed by atoms with Crippen LogP contribution in [-0.2, 0) is 10.8 Å². The molecule has 0 amide bonds. The van der Waals surface area contributed by atoms with E-state index in [2.05, 4.69) is 230 Å². The van der Waals surface area contributed by atoms with Gasteiger partial charge in [-0.15, -0.1) is 0 Å². The Morgan fingerprint density at radius 1 is 0.358 bits per heavy atom. The molecule has 3 nitrogen and oxygen atoms in total. The summed E-state index contributed by atoms with van der Waals surface area (Å²) in [6.45, 7) is 13.6. The van der Waals surface area contributed by atoms with Crippen molar-refractivity contribution in [3.05, 3.63) is 205 Å². The highest BCUT2D eigenvalue weighted by molar-refractivity contribution is 6.24. The SMILES string of the molecule is CC(C)(C)c1ccc(-c2ccc3c4ccc(-c5ccc(C(C)(C)C)cc5)cc4c4nc(-c5cccc(-c6cccc(-c7cccc8c7oc7cc9ccccc9cc78)c6)c5)cnc4c3c2)cc1. The Hall–Kier alpha value is -7.88. The van der Waals surface area contributed by atoms with Crippen molar-refractivity contribution in [2.75, 3.05) is 0 Å². The largest absolute Gasteiger partial charge is 0.455 e. The molecule has 0 aliphatic rings. The fourth-order valence-electron chi connectivity index (χ4n) is 9.98. The van der Waals surface area contributed by atoms with Gasteiger partial charge in [0.15, 0.2) is 0 Å². The average Bonchev–Trinajstić information content (AvgIpc) is 3.72. The van der Waals surface area contributed by atoms with Crippen LogP contribution in [0.1, 0.15) is 52.7 Å². The van der Waals surface area contributed by atoms with Crippen LogP contribution >= 0.6 is 0 Å². The number of hydrogen-bond acceptors (Lipinski definition) is 3. The lowest BCUT2D eigenvalue weighted by Crippen LogP contribution is -2.10. The van der Waals surface area contributed by atoms with Gasteiger partial charge in [-0.05, 0) is 119 Å². The highest BCUT2D eigenvalue weighted by Crippen LogP contribution is 2.41. The number of nitrogens with zero attached hydrogens (tertiary/aromatic N) is 2. The second-order valence-electron chi connectivity index (χ2n) is 20.3. The molecule has 0 radical (unpaired) electrons. The Morgan fingerprint density at radius 3 is 1.48 bits per heavy atom. The molecule has 0 saturated heterocycles. The van der Waals surface area contributed by atoms with E-state index in [0.717, 1.165) is 93.8 Å². The van der Waals surface area contributed by atoms with Gasteiger partial charge in [-0.3, -0.25) is 4.98 Å². The van der Waals surface area contributed by atoms with Crippen LogP contribution in [0.3, 0.4) is 0 Å². The molecule has 2 aromatic heterocycles. The standard InChI is InChI=1S/C64H50N2O/c1-63(2,3)49-26-20-39(21-27-49)45-24-30-52-53-31-25-46(40-22-28-50(29-23-40)64(4,5)6)36-57(53)61-60(56(52)35-45)65-38-58(66-61)48-17-10-15-42(33-48)41-14-9-16-47(32-41)51-18-11-19-54-55-34-43-12-7-8-13-44(43)37-59(55)67-62(51)54/h7-38H,1-6H3. The first-order valence-corrected chi connectivity index (χ1v) is 23.4. The molecule has 322 valence electrons. The van der Waals surface area contributed by atoms with Gasteiger partial charge in [0.2, 0.25) is 0 Å². The molecule has 0 saturated carbocycles. The molecule has 0 N–H and O–H groups in total. The van der Waals surface area contributed by atoms with E-state index in [1.165, 1.54) is 38.4 Å². The maximum atomic E-state index is 6.64. The van der Waals surface area contributed by atoms with E-state index in [1.807, 2.05) is 6.20 Å². The van der Waals surface area contributed by atoms with Gasteiger partial charge in [0.05, 0.1) is 22.9 Å². The lowest BCUT2D eigenvalue weighted by atomic mass is 9.86. The van der Waals surface area contributed by atoms with Crippen molar-refractivity contribution in [1.29, 1.82) is 0 Å². The molecule has 0 fully saturated rings. The lowest BCUT2D eigenvalue weighted by Gasteiger charge is -2.19. The van der Waals surface area contributed by atoms with Crippen molar-refractivity contribution in [2.45, 2.75) is 52.4 Å². The zero-order valence-electron chi connectivity index (χ0n) is 38.8. The predicted molar refractivity (Wildman–Crippen MR) is 284 cm³/mol. The summed E-state index contributed by atoms with van der Waals surface area (Å²) in [6, 6.07) is 68.5. The number of hydrogen-bond donors (Lipinski definition) is 0. The third-order valence-corrected chi connectivity index (χ3v) is 13.8. The van der Waals surface area contributed by atoms with Gasteiger partial charge in [-0.2, -0.15) is 0 Å². The van der Waals surface area contributed by atoms with Crippen LogP contribution < -0.4 is 0 Å². The summed E-state index contributed by atoms with van der Waals surface area (Å²) < 4.78 is 6.64. The number of para-hydroxylation sites is 1. The number of fused-ring (bicyclic) bond motifs is 10. The summed E-state index contributed by atoms with van der Waals surface area (Å²) in [6.07, 6.45) is 1.95. The van der Waals surface area contributed by atoms with E-state index in [-0.39, 0.29) is 10.8 Å². The van der Waals surface area contributed by atoms with Crippen LogP contribution in [0.4, 0.5) is 0 Å². The van der Waals surface area contributed by atoms with Crippen molar-refractivity contribution in [1.82, 2.24) is 9.97 Å². The summed E-state index contributed by atoms with van der Waals surface area (Å²) in [5, 5.41) is 9.16. The fraction of sp³-hybridized carbons (Fsp3) is 0.125. The molecule has 10 aromatic carbocycles. The number of rotatable bonds is 5. The molecule has 0 aliphatic heterocycles. The van der Waals surface area contributed by atoms with Crippen molar-refractivity contribution in [3.8, 4) is 55.8 Å². The van der Waals surface area contributed by atoms with E-state index in [1.54, 1.807) is 0 Å². The van der Waals surface area contributed by atoms with Crippen LogP contribution in [0.15, 0.2) is 199 Å². The Labute approximate surface area is 391 Å². The minimum atomic E-state index is 0.0803. The molecule has 0 atom stereocenters. The zero-order chi connectivity index (χ0) is 45.6. The minimum absolute atomic E-state index is 0.0803. The van der Waals surface area contributed by atoms with Crippen molar-refractivity contribution >= 4 is 65.3 Å². The van der Waals surface area contributed by atoms with E-state index in [0.29, 0.717) is 0 Å². The van der Waals surface area contributed by atoms with E-state index in [4.69, 9.17) is 14.4 Å². The Bertz CT molecular complexity index is 3920. The summed E-state index contributed by atoms with van der Waals surface area (Å²) in [5.74, 6) is 0. The Morgan fingerprint density at radius 2 is 0.866 bits per heavy atom. The van der Waals surface area contributed by atoms with Gasteiger partial charge in [-0.1, -0.05) is 193 Å². The number of aromatic nitrogens is 2. The molecule has 3 heteroatoms. The molecule has 0 unspecified atom stereocenters. The Kier molecular flexibility index (Phi) is 9.31. The van der Waals surface area contributed by atoms with Gasteiger partial charge in [0.1, 0.15) is 11.2 Å². The highest BCUT2D eigenvalue weighted by atomic mass is 16.3. The van der Waals surface area contributed by atoms with Crippen LogP contribution in [0, 0.1) is 0 Å². The van der Waals surface area contributed by atoms with Crippen molar-refractivity contribution in [3.63, 3.8) is 0 Å². The van der Waals surface area contributed by atoms with Crippen LogP contribution in [-0.4, -0.2) is 9.97 Å². The topological polar surface area (TPSA) is 38.9 Å². The third-order valence-electron chi connectivity index (χ3n) is 13.8. The molecule has 67 heavy (non-hydrogen) atoms.